The molecule has 90 valence electrons. The van der Waals surface area contributed by atoms with Gasteiger partial charge in [0.05, 0.1) is 0 Å². The average Bonchev–Trinajstić information content (AvgIpc) is 2.78. The van der Waals surface area contributed by atoms with E-state index in [9.17, 15) is 8.78 Å². The molecule has 2 rings (SSSR count). The Bertz CT molecular complexity index is 440. The van der Waals surface area contributed by atoms with Crippen LogP contribution in [0.2, 0.25) is 0 Å². The van der Waals surface area contributed by atoms with Crippen LogP contribution in [0.1, 0.15) is 31.2 Å². The molecule has 0 radical (unpaired) electrons. The van der Waals surface area contributed by atoms with Gasteiger partial charge in [0.2, 0.25) is 0 Å². The predicted octanol–water partition coefficient (Wildman–Crippen LogP) is 4.72. The van der Waals surface area contributed by atoms with Crippen LogP contribution >= 0.6 is 0 Å². The van der Waals surface area contributed by atoms with Gasteiger partial charge in [-0.1, -0.05) is 31.6 Å². The second-order valence-corrected chi connectivity index (χ2v) is 4.55. The normalized spacial score (nSPS) is 16.8. The van der Waals surface area contributed by atoms with Crippen molar-refractivity contribution in [3.63, 3.8) is 0 Å². The molecule has 0 amide bonds. The highest BCUT2D eigenvalue weighted by Gasteiger charge is 2.12. The fourth-order valence-corrected chi connectivity index (χ4v) is 2.24. The smallest absolute Gasteiger partial charge is 0.133 e. The molecule has 0 nitrogen and oxygen atoms in total. The van der Waals surface area contributed by atoms with Crippen LogP contribution in [0, 0.1) is 17.6 Å². The van der Waals surface area contributed by atoms with E-state index in [-0.39, 0.29) is 0 Å². The lowest BCUT2D eigenvalue weighted by molar-refractivity contribution is 0.581. The average molecular weight is 234 g/mol. The largest absolute Gasteiger partial charge is 0.207 e. The number of rotatable bonds is 3. The summed E-state index contributed by atoms with van der Waals surface area (Å²) in [6, 6.07) is 3.59. The highest BCUT2D eigenvalue weighted by molar-refractivity contribution is 5.72. The lowest BCUT2D eigenvalue weighted by atomic mass is 10.0. The van der Waals surface area contributed by atoms with Gasteiger partial charge in [-0.05, 0) is 36.5 Å². The second-order valence-electron chi connectivity index (χ2n) is 4.55. The number of hydrogen-bond donors (Lipinski definition) is 0. The van der Waals surface area contributed by atoms with Crippen LogP contribution in [-0.2, 0) is 0 Å². The fourth-order valence-electron chi connectivity index (χ4n) is 2.24. The first-order chi connectivity index (χ1) is 8.16. The quantitative estimate of drug-likeness (QED) is 0.663. The summed E-state index contributed by atoms with van der Waals surface area (Å²) in [5, 5.41) is 0. The van der Waals surface area contributed by atoms with Gasteiger partial charge in [-0.2, -0.15) is 0 Å². The third-order valence-electron chi connectivity index (χ3n) is 3.25. The topological polar surface area (TPSA) is 0 Å². The van der Waals surface area contributed by atoms with Crippen molar-refractivity contribution in [3.8, 4) is 0 Å². The van der Waals surface area contributed by atoms with Crippen molar-refractivity contribution in [3.05, 3.63) is 54.1 Å². The van der Waals surface area contributed by atoms with E-state index in [4.69, 9.17) is 0 Å². The fraction of sp³-hybridized carbons (Fsp3) is 0.333. The molecule has 0 atom stereocenters. The molecule has 2 heteroatoms. The molecule has 1 aliphatic rings. The lowest BCUT2D eigenvalue weighted by Gasteiger charge is -2.04. The van der Waals surface area contributed by atoms with Crippen molar-refractivity contribution in [1.82, 2.24) is 0 Å². The Labute approximate surface area is 101 Å². The zero-order valence-electron chi connectivity index (χ0n) is 9.76. The molecule has 0 unspecified atom stereocenters. The molecule has 0 N–H and O–H groups in total. The van der Waals surface area contributed by atoms with Gasteiger partial charge in [-0.15, -0.1) is 0 Å². The Morgan fingerprint density at radius 3 is 2.59 bits per heavy atom. The van der Waals surface area contributed by atoms with E-state index in [0.29, 0.717) is 17.1 Å². The van der Waals surface area contributed by atoms with Gasteiger partial charge in [-0.25, -0.2) is 8.78 Å². The molecule has 0 bridgehead atoms. The first kappa shape index (κ1) is 12.0. The Morgan fingerprint density at radius 2 is 1.94 bits per heavy atom. The maximum absolute atomic E-state index is 13.5. The highest BCUT2D eigenvalue weighted by Crippen LogP contribution is 2.27. The monoisotopic (exact) mass is 234 g/mol. The summed E-state index contributed by atoms with van der Waals surface area (Å²) in [5.74, 6) is -0.514. The van der Waals surface area contributed by atoms with E-state index in [0.717, 1.165) is 6.07 Å². The van der Waals surface area contributed by atoms with Crippen LogP contribution in [0.3, 0.4) is 0 Å². The van der Waals surface area contributed by atoms with E-state index in [1.165, 1.54) is 37.8 Å². The van der Waals surface area contributed by atoms with Crippen LogP contribution in [0.15, 0.2) is 36.9 Å². The van der Waals surface area contributed by atoms with E-state index in [1.54, 1.807) is 0 Å². The Balaban J connectivity index is 2.08. The SMILES string of the molecule is C=C(C=CC1CCCC1)c1ccc(F)cc1F. The number of hydrogen-bond acceptors (Lipinski definition) is 0. The van der Waals surface area contributed by atoms with Crippen molar-refractivity contribution in [2.75, 3.05) is 0 Å². The molecule has 1 fully saturated rings. The Morgan fingerprint density at radius 1 is 1.24 bits per heavy atom. The molecule has 0 heterocycles. The van der Waals surface area contributed by atoms with Crippen LogP contribution in [0.5, 0.6) is 0 Å². The van der Waals surface area contributed by atoms with Gasteiger partial charge in [0, 0.05) is 11.6 Å². The summed E-state index contributed by atoms with van der Waals surface area (Å²) < 4.78 is 26.2. The minimum atomic E-state index is -0.557. The van der Waals surface area contributed by atoms with Crippen LogP contribution in [0.25, 0.3) is 5.57 Å². The second kappa shape index (κ2) is 5.26. The first-order valence-electron chi connectivity index (χ1n) is 5.99. The summed E-state index contributed by atoms with van der Waals surface area (Å²) >= 11 is 0. The molecule has 0 saturated heterocycles. The van der Waals surface area contributed by atoms with Gasteiger partial charge in [0.25, 0.3) is 0 Å². The van der Waals surface area contributed by atoms with Gasteiger partial charge in [0.15, 0.2) is 0 Å². The number of halogens is 2. The lowest BCUT2D eigenvalue weighted by Crippen LogP contribution is -1.90. The van der Waals surface area contributed by atoms with Crippen molar-refractivity contribution in [1.29, 1.82) is 0 Å². The van der Waals surface area contributed by atoms with Crippen LogP contribution in [-0.4, -0.2) is 0 Å². The molecule has 1 aromatic carbocycles. The van der Waals surface area contributed by atoms with E-state index in [2.05, 4.69) is 12.7 Å². The summed E-state index contributed by atoms with van der Waals surface area (Å²) in [6.45, 7) is 3.83. The summed E-state index contributed by atoms with van der Waals surface area (Å²) in [6.07, 6.45) is 8.90. The molecule has 1 aromatic rings. The van der Waals surface area contributed by atoms with E-state index in [1.807, 2.05) is 6.08 Å². The van der Waals surface area contributed by atoms with E-state index < -0.39 is 11.6 Å². The van der Waals surface area contributed by atoms with E-state index >= 15 is 0 Å². The van der Waals surface area contributed by atoms with Crippen LogP contribution in [0.4, 0.5) is 8.78 Å². The third kappa shape index (κ3) is 3.02. The van der Waals surface area contributed by atoms with Crippen LogP contribution < -0.4 is 0 Å². The van der Waals surface area contributed by atoms with Gasteiger partial charge in [-0.3, -0.25) is 0 Å². The van der Waals surface area contributed by atoms with Crippen molar-refractivity contribution >= 4 is 5.57 Å². The molecule has 0 aromatic heterocycles. The molecular weight excluding hydrogens is 218 g/mol. The third-order valence-corrected chi connectivity index (χ3v) is 3.25. The van der Waals surface area contributed by atoms with Gasteiger partial charge < -0.3 is 0 Å². The number of benzene rings is 1. The number of allylic oxidation sites excluding steroid dienone is 3. The standard InChI is InChI=1S/C15H16F2/c1-11(6-7-12-4-2-3-5-12)14-9-8-13(16)10-15(14)17/h6-10,12H,1-5H2. The Hall–Kier alpha value is -1.44. The molecule has 0 aliphatic heterocycles. The molecular formula is C15H16F2. The predicted molar refractivity (Wildman–Crippen MR) is 66.5 cm³/mol. The minimum absolute atomic E-state index is 0.376. The van der Waals surface area contributed by atoms with Gasteiger partial charge in [0.1, 0.15) is 11.6 Å². The molecule has 17 heavy (non-hydrogen) atoms. The Kier molecular flexibility index (Phi) is 3.72. The zero-order chi connectivity index (χ0) is 12.3. The minimum Gasteiger partial charge on any atom is -0.207 e. The molecule has 0 spiro atoms. The zero-order valence-corrected chi connectivity index (χ0v) is 9.76. The first-order valence-corrected chi connectivity index (χ1v) is 5.99. The molecule has 1 aliphatic carbocycles. The van der Waals surface area contributed by atoms with Crippen molar-refractivity contribution in [2.24, 2.45) is 5.92 Å². The molecule has 1 saturated carbocycles. The summed E-state index contributed by atoms with van der Waals surface area (Å²) in [7, 11) is 0. The summed E-state index contributed by atoms with van der Waals surface area (Å²) in [4.78, 5) is 0. The van der Waals surface area contributed by atoms with Crippen molar-refractivity contribution in [2.45, 2.75) is 25.7 Å². The maximum atomic E-state index is 13.5. The van der Waals surface area contributed by atoms with Gasteiger partial charge >= 0.3 is 0 Å². The summed E-state index contributed by atoms with van der Waals surface area (Å²) in [5.41, 5.74) is 0.982. The van der Waals surface area contributed by atoms with Crippen molar-refractivity contribution < 1.29 is 8.78 Å². The highest BCUT2D eigenvalue weighted by atomic mass is 19.1. The maximum Gasteiger partial charge on any atom is 0.133 e.